The molecule has 2 aromatic rings. The Morgan fingerprint density at radius 3 is 2.86 bits per heavy atom. The summed E-state index contributed by atoms with van der Waals surface area (Å²) in [6.07, 6.45) is -0.123. The van der Waals surface area contributed by atoms with Gasteiger partial charge in [0.15, 0.2) is 10.2 Å². The molecule has 29 heavy (non-hydrogen) atoms. The van der Waals surface area contributed by atoms with Crippen molar-refractivity contribution in [1.82, 2.24) is 41.0 Å². The number of hydrogen-bond acceptors (Lipinski definition) is 11. The van der Waals surface area contributed by atoms with Crippen LogP contribution in [0.25, 0.3) is 0 Å². The number of aliphatic carboxylic acids is 1. The van der Waals surface area contributed by atoms with Gasteiger partial charge in [0, 0.05) is 11.5 Å². The fourth-order valence-electron chi connectivity index (χ4n) is 2.91. The summed E-state index contributed by atoms with van der Waals surface area (Å²) in [5.74, 6) is -0.995. The van der Waals surface area contributed by atoms with E-state index in [1.54, 1.807) is 0 Å². The topological polar surface area (TPSA) is 167 Å². The van der Waals surface area contributed by atoms with Gasteiger partial charge >= 0.3 is 5.97 Å². The zero-order valence-electron chi connectivity index (χ0n) is 14.9. The van der Waals surface area contributed by atoms with Crippen LogP contribution in [0.2, 0.25) is 0 Å². The van der Waals surface area contributed by atoms with Crippen molar-refractivity contribution in [2.75, 3.05) is 11.5 Å². The lowest BCUT2D eigenvalue weighted by Crippen LogP contribution is -2.70. The van der Waals surface area contributed by atoms with Crippen molar-refractivity contribution in [2.24, 2.45) is 0 Å². The SMILES string of the molecule is Cc1nnc(SCC2=C(C(=O)O)N3C(=O)C(NC(=O)Cc4nn[nH]n4)[C@H]3SC2)s1. The average Bonchev–Trinajstić information content (AvgIpc) is 3.35. The molecule has 12 nitrogen and oxygen atoms in total. The van der Waals surface area contributed by atoms with Crippen LogP contribution in [-0.4, -0.2) is 81.5 Å². The minimum absolute atomic E-state index is 0.0174. The van der Waals surface area contributed by atoms with E-state index in [4.69, 9.17) is 0 Å². The van der Waals surface area contributed by atoms with E-state index in [1.165, 1.54) is 39.8 Å². The molecule has 4 heterocycles. The van der Waals surface area contributed by atoms with Gasteiger partial charge in [0.25, 0.3) is 5.91 Å². The van der Waals surface area contributed by atoms with E-state index in [2.05, 4.69) is 36.1 Å². The molecule has 0 saturated carbocycles. The van der Waals surface area contributed by atoms with E-state index in [9.17, 15) is 19.5 Å². The number of fused-ring (bicyclic) bond motifs is 1. The van der Waals surface area contributed by atoms with Crippen LogP contribution in [0, 0.1) is 6.92 Å². The number of β-lactam (4-membered cyclic amide) rings is 1. The number of H-pyrrole nitrogens is 1. The number of aromatic nitrogens is 6. The predicted octanol–water partition coefficient (Wildman–Crippen LogP) is -0.567. The highest BCUT2D eigenvalue weighted by Crippen LogP contribution is 2.41. The number of tetrazole rings is 1. The second-order valence-electron chi connectivity index (χ2n) is 6.09. The Hall–Kier alpha value is -2.52. The molecule has 2 aliphatic rings. The molecular weight excluding hydrogens is 440 g/mol. The first-order valence-electron chi connectivity index (χ1n) is 8.28. The summed E-state index contributed by atoms with van der Waals surface area (Å²) in [7, 11) is 0. The molecule has 0 spiro atoms. The zero-order valence-corrected chi connectivity index (χ0v) is 17.3. The summed E-state index contributed by atoms with van der Waals surface area (Å²) < 4.78 is 0.744. The van der Waals surface area contributed by atoms with E-state index in [0.29, 0.717) is 17.1 Å². The molecule has 2 aromatic heterocycles. The highest BCUT2D eigenvalue weighted by Gasteiger charge is 2.54. The fourth-order valence-corrected chi connectivity index (χ4v) is 6.21. The number of carboxylic acid groups (broad SMARTS) is 1. The maximum absolute atomic E-state index is 12.6. The van der Waals surface area contributed by atoms with E-state index in [-0.39, 0.29) is 17.9 Å². The van der Waals surface area contributed by atoms with Crippen molar-refractivity contribution in [3.05, 3.63) is 22.1 Å². The molecule has 2 aliphatic heterocycles. The first-order valence-corrected chi connectivity index (χ1v) is 11.1. The molecule has 0 radical (unpaired) electrons. The van der Waals surface area contributed by atoms with Crippen LogP contribution < -0.4 is 5.32 Å². The van der Waals surface area contributed by atoms with Crippen molar-refractivity contribution in [2.45, 2.75) is 29.1 Å². The Kier molecular flexibility index (Phi) is 5.51. The lowest BCUT2D eigenvalue weighted by atomic mass is 10.0. The van der Waals surface area contributed by atoms with Crippen molar-refractivity contribution >= 4 is 52.6 Å². The van der Waals surface area contributed by atoms with Gasteiger partial charge < -0.3 is 10.4 Å². The number of carboxylic acids is 1. The highest BCUT2D eigenvalue weighted by molar-refractivity contribution is 8.01. The van der Waals surface area contributed by atoms with Crippen LogP contribution in [0.1, 0.15) is 10.8 Å². The lowest BCUT2D eigenvalue weighted by Gasteiger charge is -2.49. The highest BCUT2D eigenvalue weighted by atomic mass is 32.2. The maximum Gasteiger partial charge on any atom is 0.352 e. The van der Waals surface area contributed by atoms with Crippen molar-refractivity contribution < 1.29 is 19.5 Å². The molecule has 4 rings (SSSR count). The monoisotopic (exact) mass is 454 g/mol. The summed E-state index contributed by atoms with van der Waals surface area (Å²) in [5.41, 5.74) is 0.623. The Morgan fingerprint density at radius 2 is 2.21 bits per heavy atom. The zero-order chi connectivity index (χ0) is 20.5. The molecule has 15 heteroatoms. The second-order valence-corrected chi connectivity index (χ2v) is 9.60. The standard InChI is InChI=1S/C14H14N8O4S3/c1-5-16-19-14(29-5)28-4-6-3-27-12-9(11(24)22(12)10(6)13(25)26)15-8(23)2-7-17-20-21-18-7/h9,12H,2-4H2,1H3,(H,15,23)(H,25,26)(H,17,18,20,21)/t9?,12-/m1/s1. The molecule has 0 bridgehead atoms. The van der Waals surface area contributed by atoms with Gasteiger partial charge in [0.2, 0.25) is 5.91 Å². The number of hydrogen-bond donors (Lipinski definition) is 3. The van der Waals surface area contributed by atoms with Gasteiger partial charge in [-0.15, -0.1) is 32.2 Å². The van der Waals surface area contributed by atoms with E-state index in [1.807, 2.05) is 6.92 Å². The number of carbonyl (C=O) groups is 3. The number of nitrogens with zero attached hydrogens (tertiary/aromatic N) is 6. The summed E-state index contributed by atoms with van der Waals surface area (Å²) in [6.45, 7) is 1.84. The molecule has 3 N–H and O–H groups in total. The molecule has 152 valence electrons. The minimum Gasteiger partial charge on any atom is -0.477 e. The van der Waals surface area contributed by atoms with Crippen molar-refractivity contribution in [1.29, 1.82) is 0 Å². The van der Waals surface area contributed by atoms with Gasteiger partial charge in [0.05, 0.1) is 6.42 Å². The van der Waals surface area contributed by atoms with E-state index >= 15 is 0 Å². The third kappa shape index (κ3) is 3.97. The first kappa shape index (κ1) is 19.8. The molecule has 0 aliphatic carbocycles. The lowest BCUT2D eigenvalue weighted by molar-refractivity contribution is -0.150. The van der Waals surface area contributed by atoms with Crippen molar-refractivity contribution in [3.63, 3.8) is 0 Å². The number of nitrogens with one attached hydrogen (secondary N) is 2. The third-order valence-corrected chi connectivity index (χ3v) is 7.55. The Bertz CT molecular complexity index is 991. The number of aryl methyl sites for hydroxylation is 1. The number of aromatic amines is 1. The summed E-state index contributed by atoms with van der Waals surface area (Å²) in [5, 5.41) is 33.6. The van der Waals surface area contributed by atoms with E-state index in [0.717, 1.165) is 9.35 Å². The maximum atomic E-state index is 12.6. The normalized spacial score (nSPS) is 21.0. The molecule has 2 atom stereocenters. The van der Waals surface area contributed by atoms with Crippen LogP contribution in [0.3, 0.4) is 0 Å². The van der Waals surface area contributed by atoms with E-state index < -0.39 is 29.2 Å². The van der Waals surface area contributed by atoms with Gasteiger partial charge in [-0.05, 0) is 12.5 Å². The number of carbonyl (C=O) groups excluding carboxylic acids is 2. The van der Waals surface area contributed by atoms with Gasteiger partial charge in [0.1, 0.15) is 22.1 Å². The molecular formula is C14H14N8O4S3. The van der Waals surface area contributed by atoms with Crippen LogP contribution in [0.15, 0.2) is 15.6 Å². The smallest absolute Gasteiger partial charge is 0.352 e. The van der Waals surface area contributed by atoms with Crippen molar-refractivity contribution in [3.8, 4) is 0 Å². The van der Waals surface area contributed by atoms with Gasteiger partial charge in [-0.3, -0.25) is 14.5 Å². The average molecular weight is 455 g/mol. The fraction of sp³-hybridized carbons (Fsp3) is 0.429. The molecule has 2 amide bonds. The Balaban J connectivity index is 1.44. The molecule has 0 aromatic carbocycles. The number of amides is 2. The first-order chi connectivity index (χ1) is 13.9. The Labute approximate surface area is 175 Å². The Morgan fingerprint density at radius 1 is 1.38 bits per heavy atom. The summed E-state index contributed by atoms with van der Waals surface area (Å²) in [6, 6.07) is -0.784. The molecule has 1 unspecified atom stereocenters. The summed E-state index contributed by atoms with van der Waals surface area (Å²) in [4.78, 5) is 37.8. The molecule has 1 saturated heterocycles. The second kappa shape index (κ2) is 8.08. The van der Waals surface area contributed by atoms with Gasteiger partial charge in [-0.1, -0.05) is 28.3 Å². The van der Waals surface area contributed by atoms with Crippen LogP contribution >= 0.6 is 34.9 Å². The van der Waals surface area contributed by atoms with Crippen LogP contribution in [0.5, 0.6) is 0 Å². The molecule has 1 fully saturated rings. The van der Waals surface area contributed by atoms with Crippen LogP contribution in [0.4, 0.5) is 0 Å². The number of thioether (sulfide) groups is 2. The summed E-state index contributed by atoms with van der Waals surface area (Å²) >= 11 is 4.24. The minimum atomic E-state index is -1.16. The quantitative estimate of drug-likeness (QED) is 0.362. The third-order valence-electron chi connectivity index (χ3n) is 4.15. The largest absolute Gasteiger partial charge is 0.477 e. The number of rotatable bonds is 7. The van der Waals surface area contributed by atoms with Gasteiger partial charge in [-0.25, -0.2) is 4.79 Å². The van der Waals surface area contributed by atoms with Crippen LogP contribution in [-0.2, 0) is 20.8 Å². The van der Waals surface area contributed by atoms with Gasteiger partial charge in [-0.2, -0.15) is 5.21 Å². The predicted molar refractivity (Wildman–Crippen MR) is 103 cm³/mol.